The highest BCUT2D eigenvalue weighted by molar-refractivity contribution is 7.80. The fourth-order valence-corrected chi connectivity index (χ4v) is 1.91. The topological polar surface area (TPSA) is 46.9 Å². The van der Waals surface area contributed by atoms with Crippen LogP contribution in [0.1, 0.15) is 6.92 Å². The maximum Gasteiger partial charge on any atom is 0.0897 e. The van der Waals surface area contributed by atoms with E-state index in [-0.39, 0.29) is 6.61 Å². The standard InChI is InChI=1S/C9H20N2O2S/c1-8(14)11-4-2-10(3-5-11)6-9(13)7-12/h8-9,12-14H,2-7H2,1H3. The maximum atomic E-state index is 9.26. The van der Waals surface area contributed by atoms with Gasteiger partial charge in [0.25, 0.3) is 0 Å². The third-order valence-electron chi connectivity index (χ3n) is 2.62. The number of aliphatic hydroxyl groups excluding tert-OH is 2. The molecule has 0 saturated carbocycles. The van der Waals surface area contributed by atoms with Gasteiger partial charge in [-0.2, -0.15) is 12.6 Å². The van der Waals surface area contributed by atoms with Crippen molar-refractivity contribution < 1.29 is 10.2 Å². The van der Waals surface area contributed by atoms with Crippen LogP contribution in [0.25, 0.3) is 0 Å². The highest BCUT2D eigenvalue weighted by atomic mass is 32.1. The largest absolute Gasteiger partial charge is 0.394 e. The van der Waals surface area contributed by atoms with Crippen molar-refractivity contribution in [1.82, 2.24) is 9.80 Å². The van der Waals surface area contributed by atoms with Gasteiger partial charge in [-0.25, -0.2) is 0 Å². The smallest absolute Gasteiger partial charge is 0.0897 e. The molecule has 2 unspecified atom stereocenters. The highest BCUT2D eigenvalue weighted by Gasteiger charge is 2.20. The molecule has 0 aromatic carbocycles. The van der Waals surface area contributed by atoms with Gasteiger partial charge in [0.2, 0.25) is 0 Å². The second-order valence-corrected chi connectivity index (χ2v) is 4.55. The van der Waals surface area contributed by atoms with Gasteiger partial charge in [-0.3, -0.25) is 9.80 Å². The number of nitrogens with zero attached hydrogens (tertiary/aromatic N) is 2. The SMILES string of the molecule is CC(S)N1CCN(CC(O)CO)CC1. The Morgan fingerprint density at radius 3 is 2.29 bits per heavy atom. The first kappa shape index (κ1) is 12.3. The molecule has 5 heteroatoms. The summed E-state index contributed by atoms with van der Waals surface area (Å²) in [5.41, 5.74) is 0. The molecular formula is C9H20N2O2S. The minimum Gasteiger partial charge on any atom is -0.394 e. The van der Waals surface area contributed by atoms with E-state index in [0.717, 1.165) is 26.2 Å². The van der Waals surface area contributed by atoms with Gasteiger partial charge in [-0.15, -0.1) is 0 Å². The molecule has 0 aromatic rings. The molecule has 1 saturated heterocycles. The van der Waals surface area contributed by atoms with Gasteiger partial charge in [-0.05, 0) is 6.92 Å². The molecule has 0 radical (unpaired) electrons. The average Bonchev–Trinajstić information content (AvgIpc) is 2.18. The molecule has 0 aliphatic carbocycles. The van der Waals surface area contributed by atoms with Gasteiger partial charge in [0, 0.05) is 38.1 Å². The van der Waals surface area contributed by atoms with Crippen LogP contribution < -0.4 is 0 Å². The van der Waals surface area contributed by atoms with Crippen molar-refractivity contribution in [1.29, 1.82) is 0 Å². The summed E-state index contributed by atoms with van der Waals surface area (Å²) in [6, 6.07) is 0. The van der Waals surface area contributed by atoms with E-state index in [0.29, 0.717) is 11.9 Å². The zero-order valence-electron chi connectivity index (χ0n) is 8.63. The number of piperazine rings is 1. The predicted molar refractivity (Wildman–Crippen MR) is 59.6 cm³/mol. The Morgan fingerprint density at radius 2 is 1.86 bits per heavy atom. The summed E-state index contributed by atoms with van der Waals surface area (Å²) in [7, 11) is 0. The van der Waals surface area contributed by atoms with Crippen LogP contribution in [-0.4, -0.2) is 70.8 Å². The van der Waals surface area contributed by atoms with Crippen molar-refractivity contribution in [2.24, 2.45) is 0 Å². The summed E-state index contributed by atoms with van der Waals surface area (Å²) in [4.78, 5) is 4.47. The molecule has 1 rings (SSSR count). The molecule has 1 heterocycles. The second kappa shape index (κ2) is 5.92. The Bertz CT molecular complexity index is 161. The molecular weight excluding hydrogens is 200 g/mol. The van der Waals surface area contributed by atoms with E-state index in [1.807, 2.05) is 0 Å². The fraction of sp³-hybridized carbons (Fsp3) is 1.00. The van der Waals surface area contributed by atoms with Crippen LogP contribution in [-0.2, 0) is 0 Å². The Kier molecular flexibility index (Phi) is 5.19. The molecule has 1 aliphatic rings. The molecule has 14 heavy (non-hydrogen) atoms. The Labute approximate surface area is 90.9 Å². The van der Waals surface area contributed by atoms with Gasteiger partial charge in [0.05, 0.1) is 12.7 Å². The Balaban J connectivity index is 2.22. The minimum absolute atomic E-state index is 0.150. The summed E-state index contributed by atoms with van der Waals surface area (Å²) >= 11 is 4.38. The van der Waals surface area contributed by atoms with E-state index < -0.39 is 6.10 Å². The van der Waals surface area contributed by atoms with E-state index in [4.69, 9.17) is 5.11 Å². The van der Waals surface area contributed by atoms with Crippen molar-refractivity contribution in [2.45, 2.75) is 18.4 Å². The third-order valence-corrected chi connectivity index (χ3v) is 2.94. The Morgan fingerprint density at radius 1 is 1.29 bits per heavy atom. The van der Waals surface area contributed by atoms with Gasteiger partial charge in [0.1, 0.15) is 0 Å². The lowest BCUT2D eigenvalue weighted by atomic mass is 10.2. The molecule has 1 aliphatic heterocycles. The molecule has 0 amide bonds. The average molecular weight is 220 g/mol. The highest BCUT2D eigenvalue weighted by Crippen LogP contribution is 2.08. The normalized spacial score (nSPS) is 24.9. The van der Waals surface area contributed by atoms with Crippen LogP contribution in [0, 0.1) is 0 Å². The monoisotopic (exact) mass is 220 g/mol. The zero-order valence-corrected chi connectivity index (χ0v) is 9.53. The van der Waals surface area contributed by atoms with Gasteiger partial charge in [0.15, 0.2) is 0 Å². The number of aliphatic hydroxyl groups is 2. The summed E-state index contributed by atoms with van der Waals surface area (Å²) in [5.74, 6) is 0. The van der Waals surface area contributed by atoms with Crippen LogP contribution in [0.4, 0.5) is 0 Å². The molecule has 0 bridgehead atoms. The second-order valence-electron chi connectivity index (χ2n) is 3.80. The van der Waals surface area contributed by atoms with Crippen molar-refractivity contribution in [3.63, 3.8) is 0 Å². The number of hydrogen-bond donors (Lipinski definition) is 3. The van der Waals surface area contributed by atoms with E-state index >= 15 is 0 Å². The van der Waals surface area contributed by atoms with Crippen LogP contribution in [0.15, 0.2) is 0 Å². The predicted octanol–water partition coefficient (Wildman–Crippen LogP) is -0.767. The van der Waals surface area contributed by atoms with Crippen molar-refractivity contribution in [2.75, 3.05) is 39.3 Å². The number of β-amino-alcohol motifs (C(OH)–C–C–N with tert-alkyl or cyclic N) is 1. The van der Waals surface area contributed by atoms with E-state index in [2.05, 4.69) is 29.4 Å². The zero-order chi connectivity index (χ0) is 10.6. The van der Waals surface area contributed by atoms with Gasteiger partial charge >= 0.3 is 0 Å². The Hall–Kier alpha value is 0.190. The first-order valence-corrected chi connectivity index (χ1v) is 5.58. The fourth-order valence-electron chi connectivity index (χ4n) is 1.68. The molecule has 1 fully saturated rings. The van der Waals surface area contributed by atoms with E-state index in [9.17, 15) is 5.11 Å². The van der Waals surface area contributed by atoms with Gasteiger partial charge in [-0.1, -0.05) is 0 Å². The van der Waals surface area contributed by atoms with E-state index in [1.54, 1.807) is 0 Å². The minimum atomic E-state index is -0.602. The number of thiol groups is 1. The molecule has 84 valence electrons. The number of rotatable bonds is 4. The van der Waals surface area contributed by atoms with Crippen molar-refractivity contribution >= 4 is 12.6 Å². The van der Waals surface area contributed by atoms with Crippen LogP contribution in [0.5, 0.6) is 0 Å². The molecule has 2 atom stereocenters. The molecule has 0 aromatic heterocycles. The number of hydrogen-bond acceptors (Lipinski definition) is 5. The molecule has 4 nitrogen and oxygen atoms in total. The summed E-state index contributed by atoms with van der Waals surface area (Å²) < 4.78 is 0. The summed E-state index contributed by atoms with van der Waals surface area (Å²) in [6.07, 6.45) is -0.602. The molecule has 2 N–H and O–H groups in total. The maximum absolute atomic E-state index is 9.26. The third kappa shape index (κ3) is 3.74. The first-order chi connectivity index (χ1) is 6.63. The summed E-state index contributed by atoms with van der Waals surface area (Å²) in [5, 5.41) is 18.3. The van der Waals surface area contributed by atoms with Gasteiger partial charge < -0.3 is 10.2 Å². The van der Waals surface area contributed by atoms with Crippen LogP contribution in [0.3, 0.4) is 0 Å². The van der Waals surface area contributed by atoms with Crippen LogP contribution >= 0.6 is 12.6 Å². The van der Waals surface area contributed by atoms with Crippen LogP contribution in [0.2, 0.25) is 0 Å². The lowest BCUT2D eigenvalue weighted by Crippen LogP contribution is -2.50. The van der Waals surface area contributed by atoms with Crippen molar-refractivity contribution in [3.05, 3.63) is 0 Å². The first-order valence-electron chi connectivity index (χ1n) is 5.07. The van der Waals surface area contributed by atoms with Crippen molar-refractivity contribution in [3.8, 4) is 0 Å². The lowest BCUT2D eigenvalue weighted by Gasteiger charge is -2.37. The summed E-state index contributed by atoms with van der Waals surface area (Å²) in [6.45, 7) is 6.37. The quantitative estimate of drug-likeness (QED) is 0.545. The lowest BCUT2D eigenvalue weighted by molar-refractivity contribution is 0.0387. The molecule has 0 spiro atoms. The van der Waals surface area contributed by atoms with E-state index in [1.165, 1.54) is 0 Å².